The monoisotopic (exact) mass is 403 g/mol. The van der Waals surface area contributed by atoms with Crippen LogP contribution in [0, 0.1) is 0 Å². The number of amides is 2. The topological polar surface area (TPSA) is 79.8 Å². The van der Waals surface area contributed by atoms with Crippen LogP contribution in [-0.4, -0.2) is 42.0 Å². The van der Waals surface area contributed by atoms with Crippen molar-refractivity contribution in [2.75, 3.05) is 25.1 Å². The highest BCUT2D eigenvalue weighted by molar-refractivity contribution is 8.15. The predicted octanol–water partition coefficient (Wildman–Crippen LogP) is 3.34. The molecule has 25 heavy (non-hydrogen) atoms. The molecule has 2 rings (SSSR count). The lowest BCUT2D eigenvalue weighted by molar-refractivity contribution is -0.122. The number of aliphatic imine (C=N–C) groups is 1. The lowest BCUT2D eigenvalue weighted by Crippen LogP contribution is -2.28. The summed E-state index contributed by atoms with van der Waals surface area (Å²) in [6.07, 6.45) is 0.826. The van der Waals surface area contributed by atoms with Gasteiger partial charge in [0.25, 0.3) is 0 Å². The average molecular weight is 404 g/mol. The normalized spacial score (nSPS) is 18.4. The van der Waals surface area contributed by atoms with Gasteiger partial charge in [0.05, 0.1) is 0 Å². The van der Waals surface area contributed by atoms with Crippen LogP contribution < -0.4 is 10.6 Å². The van der Waals surface area contributed by atoms with Gasteiger partial charge in [-0.3, -0.25) is 14.6 Å². The van der Waals surface area contributed by atoms with Gasteiger partial charge in [0, 0.05) is 41.9 Å². The molecule has 1 saturated heterocycles. The van der Waals surface area contributed by atoms with E-state index in [4.69, 9.17) is 27.9 Å². The predicted molar refractivity (Wildman–Crippen MR) is 103 cm³/mol. The number of anilines is 1. The van der Waals surface area contributed by atoms with Gasteiger partial charge in [0.2, 0.25) is 11.8 Å². The van der Waals surface area contributed by atoms with Crippen molar-refractivity contribution in [3.63, 3.8) is 0 Å². The van der Waals surface area contributed by atoms with Gasteiger partial charge in [-0.15, -0.1) is 0 Å². The highest BCUT2D eigenvalue weighted by Crippen LogP contribution is 2.25. The minimum Gasteiger partial charge on any atom is -0.382 e. The third-order valence-corrected chi connectivity index (χ3v) is 4.76. The summed E-state index contributed by atoms with van der Waals surface area (Å²) in [5.74, 6) is -0.503. The fourth-order valence-electron chi connectivity index (χ4n) is 2.11. The zero-order valence-electron chi connectivity index (χ0n) is 13.7. The van der Waals surface area contributed by atoms with Gasteiger partial charge in [-0.2, -0.15) is 0 Å². The van der Waals surface area contributed by atoms with Crippen LogP contribution >= 0.6 is 35.0 Å². The van der Waals surface area contributed by atoms with Crippen LogP contribution in [0.2, 0.25) is 10.0 Å². The molecule has 1 fully saturated rings. The van der Waals surface area contributed by atoms with Crippen LogP contribution in [0.15, 0.2) is 23.2 Å². The molecule has 1 aromatic rings. The zero-order chi connectivity index (χ0) is 18.2. The van der Waals surface area contributed by atoms with Crippen LogP contribution in [-0.2, 0) is 14.3 Å². The number of nitrogens with zero attached hydrogens (tertiary/aromatic N) is 1. The number of rotatable bonds is 8. The number of nitrogens with one attached hydrogen (secondary N) is 2. The molecule has 1 aliphatic rings. The van der Waals surface area contributed by atoms with E-state index in [1.54, 1.807) is 18.2 Å². The Hall–Kier alpha value is -1.28. The Bertz CT molecular complexity index is 650. The lowest BCUT2D eigenvalue weighted by atomic mass is 10.2. The second-order valence-electron chi connectivity index (χ2n) is 5.24. The highest BCUT2D eigenvalue weighted by Gasteiger charge is 2.31. The van der Waals surface area contributed by atoms with Gasteiger partial charge in [-0.05, 0) is 31.5 Å². The second kappa shape index (κ2) is 10.0. The van der Waals surface area contributed by atoms with Crippen LogP contribution in [0.3, 0.4) is 0 Å². The number of hydrogen-bond acceptors (Lipinski definition) is 5. The molecule has 1 aromatic carbocycles. The van der Waals surface area contributed by atoms with Crippen LogP contribution in [0.1, 0.15) is 19.8 Å². The van der Waals surface area contributed by atoms with E-state index in [0.717, 1.165) is 6.42 Å². The molecule has 2 N–H and O–H groups in total. The van der Waals surface area contributed by atoms with Crippen molar-refractivity contribution in [3.8, 4) is 0 Å². The number of carbonyl (C=O) groups excluding carboxylic acids is 2. The number of carbonyl (C=O) groups is 2. The Morgan fingerprint density at radius 2 is 2.08 bits per heavy atom. The van der Waals surface area contributed by atoms with Crippen molar-refractivity contribution < 1.29 is 14.3 Å². The molecule has 1 heterocycles. The molecule has 2 amide bonds. The summed E-state index contributed by atoms with van der Waals surface area (Å²) in [5, 5.41) is 6.29. The SMILES string of the molecule is CCOCCCN=C1NC(=O)[C@H](CC(=O)Nc2cc(Cl)cc(Cl)c2)S1. The first-order chi connectivity index (χ1) is 12.0. The van der Waals surface area contributed by atoms with Crippen molar-refractivity contribution in [1.82, 2.24) is 5.32 Å². The minimum absolute atomic E-state index is 0.0403. The Kier molecular flexibility index (Phi) is 8.02. The van der Waals surface area contributed by atoms with E-state index in [1.807, 2.05) is 6.92 Å². The Morgan fingerprint density at radius 1 is 1.36 bits per heavy atom. The summed E-state index contributed by atoms with van der Waals surface area (Å²) in [6.45, 7) is 3.82. The standard InChI is InChI=1S/C16H19Cl2N3O3S/c1-2-24-5-3-4-19-16-21-15(23)13(25-16)9-14(22)20-12-7-10(17)6-11(18)8-12/h6-8,13H,2-5,9H2,1H3,(H,20,22)(H,19,21,23)/t13-/m0/s1. The van der Waals surface area contributed by atoms with Crippen molar-refractivity contribution in [2.24, 2.45) is 4.99 Å². The van der Waals surface area contributed by atoms with Crippen molar-refractivity contribution in [3.05, 3.63) is 28.2 Å². The summed E-state index contributed by atoms with van der Waals surface area (Å²) < 4.78 is 5.23. The first-order valence-electron chi connectivity index (χ1n) is 7.83. The number of ether oxygens (including phenoxy) is 1. The zero-order valence-corrected chi connectivity index (χ0v) is 16.0. The summed E-state index contributed by atoms with van der Waals surface area (Å²) >= 11 is 13.1. The molecule has 6 nitrogen and oxygen atoms in total. The van der Waals surface area contributed by atoms with E-state index in [-0.39, 0.29) is 18.2 Å². The van der Waals surface area contributed by atoms with E-state index in [2.05, 4.69) is 15.6 Å². The van der Waals surface area contributed by atoms with E-state index < -0.39 is 5.25 Å². The summed E-state index contributed by atoms with van der Waals surface area (Å²) in [6, 6.07) is 4.77. The summed E-state index contributed by atoms with van der Waals surface area (Å²) in [4.78, 5) is 28.4. The summed E-state index contributed by atoms with van der Waals surface area (Å²) in [5.41, 5.74) is 0.496. The maximum atomic E-state index is 12.1. The van der Waals surface area contributed by atoms with Gasteiger partial charge < -0.3 is 15.4 Å². The summed E-state index contributed by atoms with van der Waals surface area (Å²) in [7, 11) is 0. The first-order valence-corrected chi connectivity index (χ1v) is 9.47. The van der Waals surface area contributed by atoms with Gasteiger partial charge in [-0.1, -0.05) is 35.0 Å². The largest absolute Gasteiger partial charge is 0.382 e. The van der Waals surface area contributed by atoms with E-state index >= 15 is 0 Å². The van der Waals surface area contributed by atoms with Crippen LogP contribution in [0.25, 0.3) is 0 Å². The van der Waals surface area contributed by atoms with Crippen molar-refractivity contribution in [2.45, 2.75) is 25.0 Å². The molecule has 0 unspecified atom stereocenters. The molecular formula is C16H19Cl2N3O3S. The number of amidine groups is 1. The molecule has 1 aliphatic heterocycles. The maximum absolute atomic E-state index is 12.1. The van der Waals surface area contributed by atoms with Gasteiger partial charge in [0.1, 0.15) is 5.25 Å². The molecule has 0 radical (unpaired) electrons. The molecule has 0 saturated carbocycles. The van der Waals surface area contributed by atoms with Gasteiger partial charge >= 0.3 is 0 Å². The fraction of sp³-hybridized carbons (Fsp3) is 0.438. The highest BCUT2D eigenvalue weighted by atomic mass is 35.5. The van der Waals surface area contributed by atoms with E-state index in [9.17, 15) is 9.59 Å². The third-order valence-electron chi connectivity index (χ3n) is 3.20. The molecule has 136 valence electrons. The quantitative estimate of drug-likeness (QED) is 0.652. The number of hydrogen-bond donors (Lipinski definition) is 2. The fourth-order valence-corrected chi connectivity index (χ4v) is 3.63. The van der Waals surface area contributed by atoms with Crippen molar-refractivity contribution in [1.29, 1.82) is 0 Å². The van der Waals surface area contributed by atoms with Crippen LogP contribution in [0.5, 0.6) is 0 Å². The lowest BCUT2D eigenvalue weighted by Gasteiger charge is -2.08. The molecule has 0 bridgehead atoms. The van der Waals surface area contributed by atoms with Gasteiger partial charge in [-0.25, -0.2) is 0 Å². The first kappa shape index (κ1) is 20.0. The second-order valence-corrected chi connectivity index (χ2v) is 7.31. The number of halogens is 2. The molecule has 0 aliphatic carbocycles. The Morgan fingerprint density at radius 3 is 2.76 bits per heavy atom. The Labute approximate surface area is 160 Å². The average Bonchev–Trinajstić information content (AvgIpc) is 2.85. The number of thioether (sulfide) groups is 1. The van der Waals surface area contributed by atoms with Gasteiger partial charge in [0.15, 0.2) is 5.17 Å². The maximum Gasteiger partial charge on any atom is 0.240 e. The molecule has 0 aromatic heterocycles. The molecule has 9 heteroatoms. The smallest absolute Gasteiger partial charge is 0.240 e. The third kappa shape index (κ3) is 6.86. The minimum atomic E-state index is -0.500. The van der Waals surface area contributed by atoms with Crippen LogP contribution in [0.4, 0.5) is 5.69 Å². The Balaban J connectivity index is 1.82. The van der Waals surface area contributed by atoms with E-state index in [1.165, 1.54) is 11.8 Å². The van der Waals surface area contributed by atoms with Crippen molar-refractivity contribution >= 4 is 57.6 Å². The molecule has 0 spiro atoms. The van der Waals surface area contributed by atoms with E-state index in [0.29, 0.717) is 40.7 Å². The molecular weight excluding hydrogens is 385 g/mol. The number of benzene rings is 1. The molecule has 1 atom stereocenters.